The van der Waals surface area contributed by atoms with Gasteiger partial charge in [0.05, 0.1) is 23.9 Å². The Hall–Kier alpha value is -3.00. The summed E-state index contributed by atoms with van der Waals surface area (Å²) in [7, 11) is 0. The van der Waals surface area contributed by atoms with E-state index >= 15 is 0 Å². The first-order valence-electron chi connectivity index (χ1n) is 8.84. The Morgan fingerprint density at radius 1 is 1.13 bits per heavy atom. The van der Waals surface area contributed by atoms with Crippen LogP contribution in [0.15, 0.2) is 41.0 Å². The van der Waals surface area contributed by atoms with Gasteiger partial charge in [0.25, 0.3) is 5.91 Å². The van der Waals surface area contributed by atoms with E-state index in [0.29, 0.717) is 17.2 Å². The molecule has 3 rings (SSSR count). The molecule has 1 aromatic heterocycles. The first-order valence-corrected chi connectivity index (χ1v) is 9.22. The largest absolute Gasteiger partial charge is 0.464 e. The maximum absolute atomic E-state index is 13.1. The van der Waals surface area contributed by atoms with Gasteiger partial charge in [0.2, 0.25) is 0 Å². The zero-order chi connectivity index (χ0) is 22.1. The Bertz CT molecular complexity index is 1120. The fourth-order valence-corrected chi connectivity index (χ4v) is 3.04. The van der Waals surface area contributed by atoms with Crippen LogP contribution in [0.1, 0.15) is 22.3 Å². The molecule has 3 aromatic rings. The van der Waals surface area contributed by atoms with Gasteiger partial charge in [-0.15, -0.1) is 0 Å². The number of carbonyl (C=O) groups excluding carboxylic acids is 2. The SMILES string of the molecule is Cc1cc2occ(CC(=O)OCC(=O)Nc3ccc(Cl)cc3C(F)(F)F)c2cc1C. The third-order valence-electron chi connectivity index (χ3n) is 4.53. The van der Waals surface area contributed by atoms with Crippen molar-refractivity contribution in [3.63, 3.8) is 0 Å². The molecule has 0 aliphatic heterocycles. The quantitative estimate of drug-likeness (QED) is 0.537. The number of ether oxygens (including phenoxy) is 1. The molecular formula is C21H17ClF3NO4. The summed E-state index contributed by atoms with van der Waals surface area (Å²) in [5.41, 5.74) is 1.73. The molecule has 1 heterocycles. The highest BCUT2D eigenvalue weighted by Gasteiger charge is 2.34. The smallest absolute Gasteiger partial charge is 0.418 e. The van der Waals surface area contributed by atoms with Gasteiger partial charge in [-0.2, -0.15) is 13.2 Å². The van der Waals surface area contributed by atoms with Crippen molar-refractivity contribution in [2.24, 2.45) is 0 Å². The number of anilines is 1. The molecule has 1 amide bonds. The van der Waals surface area contributed by atoms with Crippen LogP contribution in [0.3, 0.4) is 0 Å². The Kier molecular flexibility index (Phi) is 6.07. The summed E-state index contributed by atoms with van der Waals surface area (Å²) in [6.07, 6.45) is -3.41. The molecule has 0 spiro atoms. The molecule has 30 heavy (non-hydrogen) atoms. The number of carbonyl (C=O) groups is 2. The molecule has 0 unspecified atom stereocenters. The van der Waals surface area contributed by atoms with Crippen molar-refractivity contribution in [1.29, 1.82) is 0 Å². The molecule has 1 N–H and O–H groups in total. The first-order chi connectivity index (χ1) is 14.0. The van der Waals surface area contributed by atoms with Gasteiger partial charge >= 0.3 is 12.1 Å². The molecule has 0 aliphatic carbocycles. The minimum Gasteiger partial charge on any atom is -0.464 e. The molecule has 158 valence electrons. The van der Waals surface area contributed by atoms with Crippen LogP contribution in [0.4, 0.5) is 18.9 Å². The lowest BCUT2D eigenvalue weighted by molar-refractivity contribution is -0.146. The number of amides is 1. The number of nitrogens with one attached hydrogen (secondary N) is 1. The Labute approximate surface area is 174 Å². The number of aryl methyl sites for hydroxylation is 2. The number of rotatable bonds is 5. The van der Waals surface area contributed by atoms with E-state index in [9.17, 15) is 22.8 Å². The van der Waals surface area contributed by atoms with E-state index in [0.717, 1.165) is 22.6 Å². The van der Waals surface area contributed by atoms with Crippen molar-refractivity contribution in [1.82, 2.24) is 0 Å². The van der Waals surface area contributed by atoms with E-state index in [1.807, 2.05) is 26.0 Å². The predicted molar refractivity (Wildman–Crippen MR) is 105 cm³/mol. The van der Waals surface area contributed by atoms with Crippen LogP contribution < -0.4 is 5.32 Å². The second-order valence-corrected chi connectivity index (χ2v) is 7.20. The third kappa shape index (κ3) is 4.94. The summed E-state index contributed by atoms with van der Waals surface area (Å²) >= 11 is 5.60. The van der Waals surface area contributed by atoms with Crippen LogP contribution in [-0.2, 0) is 26.9 Å². The summed E-state index contributed by atoms with van der Waals surface area (Å²) in [6, 6.07) is 6.70. The summed E-state index contributed by atoms with van der Waals surface area (Å²) < 4.78 is 49.6. The lowest BCUT2D eigenvalue weighted by Crippen LogP contribution is -2.23. The minimum atomic E-state index is -4.71. The zero-order valence-electron chi connectivity index (χ0n) is 16.0. The Morgan fingerprint density at radius 2 is 1.83 bits per heavy atom. The highest BCUT2D eigenvalue weighted by Crippen LogP contribution is 2.36. The summed E-state index contributed by atoms with van der Waals surface area (Å²) in [5.74, 6) is -1.61. The normalized spacial score (nSPS) is 11.5. The number of furan rings is 1. The topological polar surface area (TPSA) is 68.5 Å². The summed E-state index contributed by atoms with van der Waals surface area (Å²) in [5, 5.41) is 2.73. The first kappa shape index (κ1) is 21.7. The van der Waals surface area contributed by atoms with Crippen LogP contribution >= 0.6 is 11.6 Å². The van der Waals surface area contributed by atoms with E-state index in [2.05, 4.69) is 5.32 Å². The highest BCUT2D eigenvalue weighted by molar-refractivity contribution is 6.30. The molecule has 2 aromatic carbocycles. The van der Waals surface area contributed by atoms with Gasteiger partial charge in [0.15, 0.2) is 6.61 Å². The molecule has 9 heteroatoms. The fraction of sp³-hybridized carbons (Fsp3) is 0.238. The van der Waals surface area contributed by atoms with Crippen LogP contribution in [0.5, 0.6) is 0 Å². The van der Waals surface area contributed by atoms with Gasteiger partial charge in [-0.3, -0.25) is 9.59 Å². The lowest BCUT2D eigenvalue weighted by Gasteiger charge is -2.14. The van der Waals surface area contributed by atoms with Crippen LogP contribution in [0.25, 0.3) is 11.0 Å². The molecule has 0 fully saturated rings. The molecular weight excluding hydrogens is 423 g/mol. The maximum atomic E-state index is 13.1. The van der Waals surface area contributed by atoms with E-state index in [1.165, 1.54) is 12.3 Å². The van der Waals surface area contributed by atoms with Crippen molar-refractivity contribution in [2.75, 3.05) is 11.9 Å². The number of hydrogen-bond donors (Lipinski definition) is 1. The van der Waals surface area contributed by atoms with Crippen LogP contribution in [-0.4, -0.2) is 18.5 Å². The Balaban J connectivity index is 1.62. The number of fused-ring (bicyclic) bond motifs is 1. The predicted octanol–water partition coefficient (Wildman–Crippen LogP) is 5.45. The van der Waals surface area contributed by atoms with Gasteiger partial charge in [0.1, 0.15) is 5.58 Å². The Morgan fingerprint density at radius 3 is 2.53 bits per heavy atom. The fourth-order valence-electron chi connectivity index (χ4n) is 2.87. The number of alkyl halides is 3. The van der Waals surface area contributed by atoms with Crippen molar-refractivity contribution in [3.8, 4) is 0 Å². The van der Waals surface area contributed by atoms with Crippen molar-refractivity contribution in [3.05, 3.63) is 63.9 Å². The number of halogens is 4. The molecule has 5 nitrogen and oxygen atoms in total. The van der Waals surface area contributed by atoms with Gasteiger partial charge in [-0.1, -0.05) is 11.6 Å². The number of esters is 1. The molecule has 0 aliphatic rings. The molecule has 0 atom stereocenters. The average molecular weight is 440 g/mol. The van der Waals surface area contributed by atoms with Crippen molar-refractivity contribution < 1.29 is 31.9 Å². The average Bonchev–Trinajstić information content (AvgIpc) is 3.02. The van der Waals surface area contributed by atoms with E-state index in [-0.39, 0.29) is 11.4 Å². The molecule has 0 bridgehead atoms. The summed E-state index contributed by atoms with van der Waals surface area (Å²) in [4.78, 5) is 24.1. The van der Waals surface area contributed by atoms with Gasteiger partial charge in [-0.25, -0.2) is 0 Å². The van der Waals surface area contributed by atoms with Crippen molar-refractivity contribution in [2.45, 2.75) is 26.4 Å². The standard InChI is InChI=1S/C21H17ClF3NO4/c1-11-5-15-13(9-29-18(15)6-12(11)2)7-20(28)30-10-19(27)26-17-4-3-14(22)8-16(17)21(23,24)25/h3-6,8-9H,7,10H2,1-2H3,(H,26,27). The monoisotopic (exact) mass is 439 g/mol. The summed E-state index contributed by atoms with van der Waals surface area (Å²) in [6.45, 7) is 3.14. The van der Waals surface area contributed by atoms with Gasteiger partial charge < -0.3 is 14.5 Å². The van der Waals surface area contributed by atoms with E-state index < -0.39 is 35.9 Å². The molecule has 0 saturated heterocycles. The van der Waals surface area contributed by atoms with Gasteiger partial charge in [-0.05, 0) is 55.3 Å². The molecule has 0 radical (unpaired) electrons. The number of benzene rings is 2. The highest BCUT2D eigenvalue weighted by atomic mass is 35.5. The molecule has 0 saturated carbocycles. The maximum Gasteiger partial charge on any atom is 0.418 e. The second kappa shape index (κ2) is 8.39. The lowest BCUT2D eigenvalue weighted by atomic mass is 10.0. The third-order valence-corrected chi connectivity index (χ3v) is 4.77. The zero-order valence-corrected chi connectivity index (χ0v) is 16.8. The minimum absolute atomic E-state index is 0.121. The number of hydrogen-bond acceptors (Lipinski definition) is 4. The van der Waals surface area contributed by atoms with Crippen LogP contribution in [0, 0.1) is 13.8 Å². The van der Waals surface area contributed by atoms with Gasteiger partial charge in [0, 0.05) is 16.0 Å². The van der Waals surface area contributed by atoms with E-state index in [1.54, 1.807) is 0 Å². The second-order valence-electron chi connectivity index (χ2n) is 6.77. The van der Waals surface area contributed by atoms with Crippen LogP contribution in [0.2, 0.25) is 5.02 Å². The van der Waals surface area contributed by atoms with Crippen molar-refractivity contribution >= 4 is 40.1 Å². The van der Waals surface area contributed by atoms with E-state index in [4.69, 9.17) is 20.8 Å².